The van der Waals surface area contributed by atoms with Crippen LogP contribution < -0.4 is 11.1 Å². The van der Waals surface area contributed by atoms with E-state index in [4.69, 9.17) is 5.73 Å². The van der Waals surface area contributed by atoms with Gasteiger partial charge in [-0.15, -0.1) is 0 Å². The van der Waals surface area contributed by atoms with Crippen LogP contribution in [0, 0.1) is 11.8 Å². The lowest BCUT2D eigenvalue weighted by Gasteiger charge is -2.22. The van der Waals surface area contributed by atoms with Gasteiger partial charge in [0.1, 0.15) is 0 Å². The predicted molar refractivity (Wildman–Crippen MR) is 121 cm³/mol. The van der Waals surface area contributed by atoms with Crippen molar-refractivity contribution in [3.63, 3.8) is 0 Å². The fourth-order valence-electron chi connectivity index (χ4n) is 3.05. The highest BCUT2D eigenvalue weighted by Crippen LogP contribution is 2.30. The van der Waals surface area contributed by atoms with Gasteiger partial charge in [-0.3, -0.25) is 0 Å². The van der Waals surface area contributed by atoms with Gasteiger partial charge in [0.15, 0.2) is 0 Å². The van der Waals surface area contributed by atoms with Crippen LogP contribution in [0.4, 0.5) is 0 Å². The first-order chi connectivity index (χ1) is 13.0. The molecule has 0 amide bonds. The average molecular weight is 367 g/mol. The van der Waals surface area contributed by atoms with Crippen LogP contribution >= 0.6 is 0 Å². The van der Waals surface area contributed by atoms with Crippen LogP contribution in [0.2, 0.25) is 0 Å². The van der Waals surface area contributed by atoms with Crippen molar-refractivity contribution in [3.8, 4) is 0 Å². The van der Waals surface area contributed by atoms with Crippen molar-refractivity contribution < 1.29 is 0 Å². The monoisotopic (exact) mass is 366 g/mol. The van der Waals surface area contributed by atoms with Crippen LogP contribution in [0.5, 0.6) is 0 Å². The second kappa shape index (κ2) is 13.3. The Morgan fingerprint density at radius 1 is 1.26 bits per heavy atom. The molecule has 0 radical (unpaired) electrons. The Hall–Kier alpha value is -1.90. The molecule has 0 aromatic rings. The van der Waals surface area contributed by atoms with Gasteiger partial charge < -0.3 is 11.1 Å². The first-order valence-corrected chi connectivity index (χ1v) is 10.1. The lowest BCUT2D eigenvalue weighted by atomic mass is 9.83. The molecule has 2 nitrogen and oxygen atoms in total. The van der Waals surface area contributed by atoms with Gasteiger partial charge in [0, 0.05) is 0 Å². The maximum Gasteiger partial charge on any atom is 0.0766 e. The van der Waals surface area contributed by atoms with E-state index in [1.165, 1.54) is 11.1 Å². The minimum atomic E-state index is -0.141. The van der Waals surface area contributed by atoms with E-state index in [0.29, 0.717) is 11.8 Å². The van der Waals surface area contributed by atoms with E-state index >= 15 is 0 Å². The molecule has 3 N–H and O–H groups in total. The summed E-state index contributed by atoms with van der Waals surface area (Å²) in [6.45, 7) is 10.8. The number of nitrogens with one attached hydrogen (secondary N) is 1. The molecule has 1 aliphatic rings. The molecule has 0 heterocycles. The molecule has 0 aliphatic heterocycles. The predicted octanol–water partition coefficient (Wildman–Crippen LogP) is 5.99. The summed E-state index contributed by atoms with van der Waals surface area (Å²) in [5.74, 6) is 1.20. The van der Waals surface area contributed by atoms with Crippen LogP contribution in [0.1, 0.15) is 46.5 Å². The summed E-state index contributed by atoms with van der Waals surface area (Å²) >= 11 is 0. The van der Waals surface area contributed by atoms with E-state index in [2.05, 4.69) is 93.4 Å². The molecule has 0 saturated heterocycles. The number of allylic oxidation sites excluding steroid dienone is 12. The minimum absolute atomic E-state index is 0.141. The Bertz CT molecular complexity index is 629. The Kier molecular flexibility index (Phi) is 11.4. The molecular formula is C25H38N2. The zero-order valence-corrected chi connectivity index (χ0v) is 17.6. The molecule has 0 bridgehead atoms. The summed E-state index contributed by atoms with van der Waals surface area (Å²) in [4.78, 5) is 0. The van der Waals surface area contributed by atoms with E-state index in [-0.39, 0.29) is 6.17 Å². The molecule has 27 heavy (non-hydrogen) atoms. The number of hydrogen-bond acceptors (Lipinski definition) is 2. The molecule has 1 rings (SSSR count). The third-order valence-corrected chi connectivity index (χ3v) is 5.26. The summed E-state index contributed by atoms with van der Waals surface area (Å²) in [6, 6.07) is 0. The van der Waals surface area contributed by atoms with Crippen LogP contribution in [0.25, 0.3) is 0 Å². The van der Waals surface area contributed by atoms with Gasteiger partial charge in [-0.05, 0) is 57.1 Å². The summed E-state index contributed by atoms with van der Waals surface area (Å²) in [5, 5.41) is 3.01. The fourth-order valence-corrected chi connectivity index (χ4v) is 3.05. The van der Waals surface area contributed by atoms with Crippen LogP contribution in [-0.4, -0.2) is 13.2 Å². The second-order valence-electron chi connectivity index (χ2n) is 7.39. The number of likely N-dealkylation sites (N-methyl/N-ethyl adjacent to an activating group) is 1. The second-order valence-corrected chi connectivity index (χ2v) is 7.39. The zero-order chi connectivity index (χ0) is 20.1. The molecule has 0 spiro atoms. The molecule has 2 heteroatoms. The smallest absolute Gasteiger partial charge is 0.0766 e. The third-order valence-electron chi connectivity index (χ3n) is 5.26. The molecule has 0 fully saturated rings. The number of hydrogen-bond donors (Lipinski definition) is 2. The Morgan fingerprint density at radius 2 is 2.04 bits per heavy atom. The third kappa shape index (κ3) is 9.03. The lowest BCUT2D eigenvalue weighted by Crippen LogP contribution is -2.35. The van der Waals surface area contributed by atoms with E-state index in [1.807, 2.05) is 7.05 Å². The summed E-state index contributed by atoms with van der Waals surface area (Å²) in [7, 11) is 1.85. The molecule has 0 saturated carbocycles. The summed E-state index contributed by atoms with van der Waals surface area (Å²) in [6.07, 6.45) is 25.8. The van der Waals surface area contributed by atoms with Crippen LogP contribution in [-0.2, 0) is 0 Å². The van der Waals surface area contributed by atoms with Gasteiger partial charge in [-0.2, -0.15) is 0 Å². The largest absolute Gasteiger partial charge is 0.312 e. The van der Waals surface area contributed by atoms with Gasteiger partial charge >= 0.3 is 0 Å². The summed E-state index contributed by atoms with van der Waals surface area (Å²) in [5.41, 5.74) is 9.89. The quantitative estimate of drug-likeness (QED) is 0.253. The van der Waals surface area contributed by atoms with Gasteiger partial charge in [-0.1, -0.05) is 92.3 Å². The Morgan fingerprint density at radius 3 is 2.67 bits per heavy atom. The van der Waals surface area contributed by atoms with Crippen molar-refractivity contribution in [2.45, 2.75) is 52.6 Å². The van der Waals surface area contributed by atoms with Gasteiger partial charge in [-0.25, -0.2) is 0 Å². The average Bonchev–Trinajstić information content (AvgIpc) is 3.19. The first kappa shape index (κ1) is 23.1. The van der Waals surface area contributed by atoms with Crippen molar-refractivity contribution in [2.75, 3.05) is 7.05 Å². The van der Waals surface area contributed by atoms with Crippen molar-refractivity contribution >= 4 is 0 Å². The Balaban J connectivity index is 2.71. The van der Waals surface area contributed by atoms with E-state index in [1.54, 1.807) is 0 Å². The standard InChI is InChI=1S/C25H38N2/c1-6-7-14-20(2)22(4)24(19-23-16-12-13-17-23)18-11-9-8-10-15-21(3)25(26)27-5/h6-13,16,18,20,22,25,27H,3,14-15,17,19,26H2,1-2,4-5H3/b7-6-,10-8+,11-9-,24-18-. The Labute approximate surface area is 167 Å². The topological polar surface area (TPSA) is 38.0 Å². The SMILES string of the molecule is C=C(C/C=C/C=C\C=C(\CC1=CC=CC1)C(C)C(C)C/C=C\C)C(N)NC. The highest BCUT2D eigenvalue weighted by Gasteiger charge is 2.16. The van der Waals surface area contributed by atoms with Gasteiger partial charge in [0.2, 0.25) is 0 Å². The molecule has 1 aliphatic carbocycles. The van der Waals surface area contributed by atoms with E-state index in [9.17, 15) is 0 Å². The molecule has 148 valence electrons. The van der Waals surface area contributed by atoms with E-state index in [0.717, 1.165) is 31.3 Å². The lowest BCUT2D eigenvalue weighted by molar-refractivity contribution is 0.438. The maximum absolute atomic E-state index is 5.88. The highest BCUT2D eigenvalue weighted by atomic mass is 15.0. The molecule has 3 unspecified atom stereocenters. The first-order valence-electron chi connectivity index (χ1n) is 10.1. The van der Waals surface area contributed by atoms with Crippen LogP contribution in [0.15, 0.2) is 84.1 Å². The van der Waals surface area contributed by atoms with Crippen molar-refractivity contribution in [2.24, 2.45) is 17.6 Å². The van der Waals surface area contributed by atoms with Crippen molar-refractivity contribution in [3.05, 3.63) is 84.1 Å². The molecule has 0 aromatic heterocycles. The summed E-state index contributed by atoms with van der Waals surface area (Å²) < 4.78 is 0. The molecule has 3 atom stereocenters. The number of rotatable bonds is 12. The number of nitrogens with two attached hydrogens (primary N) is 1. The maximum atomic E-state index is 5.88. The molecule has 0 aromatic carbocycles. The highest BCUT2D eigenvalue weighted by molar-refractivity contribution is 5.30. The van der Waals surface area contributed by atoms with Crippen molar-refractivity contribution in [1.82, 2.24) is 5.32 Å². The fraction of sp³-hybridized carbons (Fsp3) is 0.440. The zero-order valence-electron chi connectivity index (χ0n) is 17.6. The van der Waals surface area contributed by atoms with Gasteiger partial charge in [0.05, 0.1) is 6.17 Å². The van der Waals surface area contributed by atoms with E-state index < -0.39 is 0 Å². The van der Waals surface area contributed by atoms with Crippen molar-refractivity contribution in [1.29, 1.82) is 0 Å². The van der Waals surface area contributed by atoms with Crippen LogP contribution in [0.3, 0.4) is 0 Å². The van der Waals surface area contributed by atoms with Gasteiger partial charge in [0.25, 0.3) is 0 Å². The normalized spacial score (nSPS) is 18.6. The molecular weight excluding hydrogens is 328 g/mol. The minimum Gasteiger partial charge on any atom is -0.312 e.